The molecule has 0 amide bonds. The summed E-state index contributed by atoms with van der Waals surface area (Å²) >= 11 is 0. The largest absolute Gasteiger partial charge is 0.462 e. The van der Waals surface area contributed by atoms with Crippen LogP contribution in [0.1, 0.15) is 117 Å². The average Bonchev–Trinajstić information content (AvgIpc) is 3.52. The fourth-order valence-corrected chi connectivity index (χ4v) is 13.6. The number of fused-ring (bicyclic) bond motifs is 7. The fraction of sp³-hybridized carbons (Fsp3) is 0.583. The van der Waals surface area contributed by atoms with Gasteiger partial charge in [-0.05, 0) is 140 Å². The zero-order valence-corrected chi connectivity index (χ0v) is 32.7. The smallest absolute Gasteiger partial charge is 0.331 e. The summed E-state index contributed by atoms with van der Waals surface area (Å²) in [5.74, 6) is 2.24. The van der Waals surface area contributed by atoms with Gasteiger partial charge in [0.2, 0.25) is 0 Å². The SMILES string of the molecule is C=C(C)[C@@H]1CC[C@]2(COC(=O)/C=C/c3ccccc3)CC[C@]3(C)[C@H](CC[C@@H]4[C@@]5(C)CC[C@H](OC(=O)/C=C/c6ccccc6)C(C)(C)[C@@H]5CC[C@]43C)[C@@H]12. The first-order chi connectivity index (χ1) is 24.7. The van der Waals surface area contributed by atoms with E-state index in [9.17, 15) is 9.59 Å². The van der Waals surface area contributed by atoms with E-state index in [4.69, 9.17) is 9.47 Å². The summed E-state index contributed by atoms with van der Waals surface area (Å²) in [4.78, 5) is 26.2. The summed E-state index contributed by atoms with van der Waals surface area (Å²) in [6.45, 7) is 20.0. The van der Waals surface area contributed by atoms with Crippen molar-refractivity contribution in [2.45, 2.75) is 112 Å². The van der Waals surface area contributed by atoms with Gasteiger partial charge in [-0.3, -0.25) is 0 Å². The van der Waals surface area contributed by atoms with Gasteiger partial charge in [-0.25, -0.2) is 9.59 Å². The minimum absolute atomic E-state index is 0.0211. The molecule has 52 heavy (non-hydrogen) atoms. The molecule has 4 heteroatoms. The Kier molecular flexibility index (Phi) is 9.79. The quantitative estimate of drug-likeness (QED) is 0.156. The van der Waals surface area contributed by atoms with Gasteiger partial charge in [0, 0.05) is 23.0 Å². The summed E-state index contributed by atoms with van der Waals surface area (Å²) in [7, 11) is 0. The standard InChI is InChI=1S/C48H62O4/c1-33(2)36-24-29-48(32-51-41(49)22-18-34-14-10-8-11-15-34)31-30-46(6)37(43(36)48)20-21-39-45(5)27-26-40(44(3,4)38(45)25-28-47(39,46)7)52-42(50)23-19-35-16-12-9-13-17-35/h8-19,22-23,36-40,43H,1,20-21,24-32H2,2-7H3/b22-18+,23-19+/t36-,37+,38-,39+,40-,43+,45-,46+,47+,48+/m0/s1. The molecule has 0 bridgehead atoms. The predicted molar refractivity (Wildman–Crippen MR) is 211 cm³/mol. The summed E-state index contributed by atoms with van der Waals surface area (Å²) in [6, 6.07) is 19.9. The Labute approximate surface area is 313 Å². The third kappa shape index (κ3) is 6.14. The van der Waals surface area contributed by atoms with Crippen molar-refractivity contribution in [3.8, 4) is 0 Å². The molecule has 4 nitrogen and oxygen atoms in total. The van der Waals surface area contributed by atoms with Crippen molar-refractivity contribution in [1.82, 2.24) is 0 Å². The maximum absolute atomic E-state index is 13.1. The molecule has 2 aromatic rings. The molecule has 5 aliphatic carbocycles. The topological polar surface area (TPSA) is 52.6 Å². The molecule has 0 N–H and O–H groups in total. The van der Waals surface area contributed by atoms with E-state index >= 15 is 0 Å². The number of carbonyl (C=O) groups excluding carboxylic acids is 2. The fourth-order valence-electron chi connectivity index (χ4n) is 13.6. The van der Waals surface area contributed by atoms with Crippen LogP contribution in [-0.2, 0) is 19.1 Å². The van der Waals surface area contributed by atoms with E-state index in [1.54, 1.807) is 12.2 Å². The molecule has 5 saturated carbocycles. The van der Waals surface area contributed by atoms with Crippen LogP contribution in [0.15, 0.2) is 85.0 Å². The first-order valence-electron chi connectivity index (χ1n) is 20.2. The van der Waals surface area contributed by atoms with Crippen LogP contribution >= 0.6 is 0 Å². The number of carbonyl (C=O) groups is 2. The van der Waals surface area contributed by atoms with Crippen LogP contribution < -0.4 is 0 Å². The van der Waals surface area contributed by atoms with Gasteiger partial charge in [0.25, 0.3) is 0 Å². The normalized spacial score (nSPS) is 39.2. The number of esters is 2. The molecule has 0 unspecified atom stereocenters. The first-order valence-corrected chi connectivity index (χ1v) is 20.2. The van der Waals surface area contributed by atoms with Crippen molar-refractivity contribution in [3.63, 3.8) is 0 Å². The van der Waals surface area contributed by atoms with Gasteiger partial charge < -0.3 is 9.47 Å². The van der Waals surface area contributed by atoms with E-state index in [0.29, 0.717) is 36.2 Å². The van der Waals surface area contributed by atoms with E-state index in [2.05, 4.69) is 48.1 Å². The number of ether oxygens (including phenoxy) is 2. The summed E-state index contributed by atoms with van der Waals surface area (Å²) in [5, 5.41) is 0. The van der Waals surface area contributed by atoms with Crippen molar-refractivity contribution in [3.05, 3.63) is 96.1 Å². The lowest BCUT2D eigenvalue weighted by Crippen LogP contribution is -2.67. The van der Waals surface area contributed by atoms with Gasteiger partial charge in [-0.1, -0.05) is 107 Å². The van der Waals surface area contributed by atoms with Gasteiger partial charge in [0.05, 0.1) is 6.61 Å². The van der Waals surface area contributed by atoms with Crippen molar-refractivity contribution in [1.29, 1.82) is 0 Å². The maximum Gasteiger partial charge on any atom is 0.331 e. The Morgan fingerprint density at radius 3 is 1.98 bits per heavy atom. The van der Waals surface area contributed by atoms with Crippen LogP contribution in [0.5, 0.6) is 0 Å². The molecule has 10 atom stereocenters. The van der Waals surface area contributed by atoms with Crippen molar-refractivity contribution in [2.75, 3.05) is 6.61 Å². The van der Waals surface area contributed by atoms with Gasteiger partial charge in [0.1, 0.15) is 6.10 Å². The van der Waals surface area contributed by atoms with E-state index in [-0.39, 0.29) is 45.1 Å². The molecule has 0 spiro atoms. The molecule has 0 heterocycles. The van der Waals surface area contributed by atoms with Crippen LogP contribution in [0.3, 0.4) is 0 Å². The maximum atomic E-state index is 13.1. The zero-order valence-electron chi connectivity index (χ0n) is 32.7. The Morgan fingerprint density at radius 1 is 0.712 bits per heavy atom. The molecule has 5 aliphatic rings. The highest BCUT2D eigenvalue weighted by Crippen LogP contribution is 2.77. The second kappa shape index (κ2) is 13.8. The van der Waals surface area contributed by atoms with Gasteiger partial charge in [-0.2, -0.15) is 0 Å². The first kappa shape index (κ1) is 36.9. The molecular formula is C48H62O4. The number of hydrogen-bond donors (Lipinski definition) is 0. The number of benzene rings is 2. The molecule has 7 rings (SSSR count). The summed E-state index contributed by atoms with van der Waals surface area (Å²) in [6.07, 6.45) is 18.3. The second-order valence-electron chi connectivity index (χ2n) is 18.9. The molecule has 0 aliphatic heterocycles. The van der Waals surface area contributed by atoms with E-state index < -0.39 is 0 Å². The highest BCUT2D eigenvalue weighted by Gasteiger charge is 2.71. The minimum Gasteiger partial charge on any atom is -0.462 e. The average molecular weight is 703 g/mol. The van der Waals surface area contributed by atoms with E-state index in [1.807, 2.05) is 72.8 Å². The lowest BCUT2D eigenvalue weighted by atomic mass is 9.32. The predicted octanol–water partition coefficient (Wildman–Crippen LogP) is 11.5. The summed E-state index contributed by atoms with van der Waals surface area (Å²) < 4.78 is 12.5. The lowest BCUT2D eigenvalue weighted by molar-refractivity contribution is -0.251. The highest BCUT2D eigenvalue weighted by molar-refractivity contribution is 5.87. The zero-order chi connectivity index (χ0) is 36.9. The van der Waals surface area contributed by atoms with Crippen LogP contribution in [0, 0.1) is 56.7 Å². The van der Waals surface area contributed by atoms with Crippen LogP contribution in [0.25, 0.3) is 12.2 Å². The molecule has 278 valence electrons. The van der Waals surface area contributed by atoms with Crippen molar-refractivity contribution < 1.29 is 19.1 Å². The number of allylic oxidation sites excluding steroid dienone is 1. The van der Waals surface area contributed by atoms with Gasteiger partial charge >= 0.3 is 11.9 Å². The third-order valence-corrected chi connectivity index (χ3v) is 16.4. The highest BCUT2D eigenvalue weighted by atomic mass is 16.5. The van der Waals surface area contributed by atoms with Crippen molar-refractivity contribution >= 4 is 24.1 Å². The molecule has 0 aromatic heterocycles. The molecular weight excluding hydrogens is 641 g/mol. The Hall–Kier alpha value is -3.40. The molecule has 5 fully saturated rings. The van der Waals surface area contributed by atoms with E-state index in [0.717, 1.165) is 43.2 Å². The Balaban J connectivity index is 1.09. The lowest BCUT2D eigenvalue weighted by Gasteiger charge is -2.73. The summed E-state index contributed by atoms with van der Waals surface area (Å²) in [5.41, 5.74) is 3.89. The van der Waals surface area contributed by atoms with Gasteiger partial charge in [0.15, 0.2) is 0 Å². The molecule has 0 radical (unpaired) electrons. The van der Waals surface area contributed by atoms with Crippen LogP contribution in [0.2, 0.25) is 0 Å². The molecule has 0 saturated heterocycles. The van der Waals surface area contributed by atoms with Crippen LogP contribution in [-0.4, -0.2) is 24.6 Å². The van der Waals surface area contributed by atoms with Gasteiger partial charge in [-0.15, -0.1) is 0 Å². The Morgan fingerprint density at radius 2 is 1.35 bits per heavy atom. The Bertz CT molecular complexity index is 1710. The van der Waals surface area contributed by atoms with E-state index in [1.165, 1.54) is 37.7 Å². The third-order valence-electron chi connectivity index (χ3n) is 16.4. The van der Waals surface area contributed by atoms with Crippen LogP contribution in [0.4, 0.5) is 0 Å². The second-order valence-corrected chi connectivity index (χ2v) is 18.9. The minimum atomic E-state index is -0.234. The number of rotatable bonds is 8. The number of hydrogen-bond acceptors (Lipinski definition) is 4. The van der Waals surface area contributed by atoms with Crippen molar-refractivity contribution in [2.24, 2.45) is 56.7 Å². The molecule has 2 aromatic carbocycles. The monoisotopic (exact) mass is 702 g/mol.